The van der Waals surface area contributed by atoms with E-state index in [4.69, 9.17) is 4.74 Å². The van der Waals surface area contributed by atoms with E-state index in [9.17, 15) is 23.1 Å². The summed E-state index contributed by atoms with van der Waals surface area (Å²) in [4.78, 5) is 33.9. The number of carbonyl (C=O) groups excluding carboxylic acids is 1. The molecule has 1 aliphatic carbocycles. The quantitative estimate of drug-likeness (QED) is 0.269. The Morgan fingerprint density at radius 2 is 1.64 bits per heavy atom. The Bertz CT molecular complexity index is 1860. The largest absolute Gasteiger partial charge is 0.475 e. The number of carboxylic acids is 1. The monoisotopic (exact) mass is 614 g/mol. The average molecular weight is 615 g/mol. The molecule has 2 N–H and O–H groups in total. The van der Waals surface area contributed by atoms with Crippen molar-refractivity contribution in [3.05, 3.63) is 90.5 Å². The molecule has 0 bridgehead atoms. The molecule has 1 atom stereocenters. The normalized spacial score (nSPS) is 16.8. The molecule has 1 aromatic heterocycles. The van der Waals surface area contributed by atoms with Crippen LogP contribution in [0.4, 0.5) is 11.4 Å². The van der Waals surface area contributed by atoms with E-state index in [2.05, 4.69) is 26.5 Å². The molecule has 12 nitrogen and oxygen atoms in total. The highest BCUT2D eigenvalue weighted by molar-refractivity contribution is 7.90. The van der Waals surface area contributed by atoms with E-state index in [1.165, 1.54) is 25.6 Å². The molecule has 4 aromatic rings. The van der Waals surface area contributed by atoms with Crippen molar-refractivity contribution in [3.8, 4) is 11.5 Å². The molecule has 13 heteroatoms. The maximum atomic E-state index is 14.1. The van der Waals surface area contributed by atoms with Crippen LogP contribution in [0.5, 0.6) is 11.5 Å². The number of rotatable bonds is 8. The highest BCUT2D eigenvalue weighted by Gasteiger charge is 2.40. The maximum absolute atomic E-state index is 14.1. The number of hydrogen-bond donors (Lipinski definition) is 2. The van der Waals surface area contributed by atoms with E-state index in [0.29, 0.717) is 23.1 Å². The van der Waals surface area contributed by atoms with Crippen molar-refractivity contribution < 1.29 is 27.9 Å². The molecule has 1 fully saturated rings. The molecule has 1 aliphatic heterocycles. The third kappa shape index (κ3) is 5.53. The van der Waals surface area contributed by atoms with E-state index >= 15 is 0 Å². The molecule has 44 heavy (non-hydrogen) atoms. The zero-order valence-electron chi connectivity index (χ0n) is 23.8. The number of nitrogens with one attached hydrogen (secondary N) is 1. The molecule has 6 rings (SSSR count). The minimum absolute atomic E-state index is 0.0226. The molecule has 1 amide bonds. The Labute approximate surface area is 254 Å². The van der Waals surface area contributed by atoms with Gasteiger partial charge in [0, 0.05) is 7.05 Å². The number of fused-ring (bicyclic) bond motifs is 1. The number of nitrogens with zero attached hydrogens (tertiary/aromatic N) is 5. The Kier molecular flexibility index (Phi) is 7.87. The smallest absolute Gasteiger partial charge is 0.375 e. The number of likely N-dealkylation sites (N-methyl/N-ethyl adjacent to an activating group) is 1. The Balaban J connectivity index is 1.37. The number of sulfonamides is 1. The molecule has 0 spiro atoms. The van der Waals surface area contributed by atoms with Gasteiger partial charge < -0.3 is 15.2 Å². The summed E-state index contributed by atoms with van der Waals surface area (Å²) in [5.74, 6) is -1.44. The molecule has 0 radical (unpaired) electrons. The lowest BCUT2D eigenvalue weighted by Crippen LogP contribution is -2.45. The summed E-state index contributed by atoms with van der Waals surface area (Å²) in [6, 6.07) is 19.4. The number of anilines is 1. The summed E-state index contributed by atoms with van der Waals surface area (Å²) in [5.41, 5.74) is 1.57. The van der Waals surface area contributed by atoms with E-state index < -0.39 is 33.8 Å². The van der Waals surface area contributed by atoms with E-state index in [1.54, 1.807) is 36.4 Å². The number of aliphatic imine (C=N–C) groups is 1. The van der Waals surface area contributed by atoms with Crippen molar-refractivity contribution in [2.75, 3.05) is 12.4 Å². The number of amides is 1. The summed E-state index contributed by atoms with van der Waals surface area (Å²) in [7, 11) is -2.81. The van der Waals surface area contributed by atoms with Crippen molar-refractivity contribution in [2.24, 2.45) is 4.99 Å². The molecular weight excluding hydrogens is 584 g/mol. The third-order valence-corrected chi connectivity index (χ3v) is 9.66. The van der Waals surface area contributed by atoms with Gasteiger partial charge in [-0.05, 0) is 54.7 Å². The molecule has 2 heterocycles. The standard InChI is InChI=1S/C31H30N6O6S/c1-36-29(33-23-15-7-10-18-26(23)44(36,41)42)27(37-19-32-28(35-37)31(39)40)30(38)34-22-14-6-9-17-25(22)43-24-16-8-5-13-21(24)20-11-3-2-4-12-20/h5-10,13-20,27H,2-4,11-12H2,1H3,(H,34,38)(H,39,40). The SMILES string of the molecule is CN1C(C(C(=O)Nc2ccccc2Oc2ccccc2C2CCCCC2)n2cnc(C(=O)O)n2)=Nc2ccccc2S1(=O)=O. The highest BCUT2D eigenvalue weighted by atomic mass is 32.2. The lowest BCUT2D eigenvalue weighted by molar-refractivity contribution is -0.117. The fraction of sp³-hybridized carbons (Fsp3) is 0.258. The van der Waals surface area contributed by atoms with Crippen LogP contribution in [0.1, 0.15) is 60.2 Å². The minimum Gasteiger partial charge on any atom is -0.475 e. The number of benzene rings is 3. The van der Waals surface area contributed by atoms with Crippen molar-refractivity contribution >= 4 is 39.1 Å². The summed E-state index contributed by atoms with van der Waals surface area (Å²) < 4.78 is 35.1. The maximum Gasteiger partial charge on any atom is 0.375 e. The first-order valence-electron chi connectivity index (χ1n) is 14.2. The van der Waals surface area contributed by atoms with Crippen LogP contribution in [0.2, 0.25) is 0 Å². The molecule has 3 aromatic carbocycles. The van der Waals surface area contributed by atoms with Gasteiger partial charge in [-0.2, -0.15) is 0 Å². The van der Waals surface area contributed by atoms with Crippen LogP contribution in [-0.4, -0.2) is 57.4 Å². The van der Waals surface area contributed by atoms with Gasteiger partial charge in [-0.3, -0.25) is 9.10 Å². The number of amidine groups is 1. The second kappa shape index (κ2) is 11.9. The molecule has 226 valence electrons. The van der Waals surface area contributed by atoms with E-state index in [1.807, 2.05) is 18.2 Å². The van der Waals surface area contributed by atoms with E-state index in [-0.39, 0.29) is 16.4 Å². The van der Waals surface area contributed by atoms with Crippen molar-refractivity contribution in [1.29, 1.82) is 0 Å². The van der Waals surface area contributed by atoms with E-state index in [0.717, 1.165) is 46.6 Å². The van der Waals surface area contributed by atoms with Gasteiger partial charge >= 0.3 is 5.97 Å². The molecule has 0 saturated heterocycles. The number of carbonyl (C=O) groups is 2. The van der Waals surface area contributed by atoms with Gasteiger partial charge in [-0.15, -0.1) is 5.10 Å². The first-order chi connectivity index (χ1) is 21.2. The Morgan fingerprint density at radius 1 is 0.955 bits per heavy atom. The predicted molar refractivity (Wildman–Crippen MR) is 162 cm³/mol. The average Bonchev–Trinajstić information content (AvgIpc) is 3.52. The number of ether oxygens (including phenoxy) is 1. The summed E-state index contributed by atoms with van der Waals surface area (Å²) >= 11 is 0. The summed E-state index contributed by atoms with van der Waals surface area (Å²) in [5, 5.41) is 16.2. The number of carboxylic acid groups (broad SMARTS) is 1. The Hall–Kier alpha value is -5.04. The van der Waals surface area contributed by atoms with Gasteiger partial charge in [-0.1, -0.05) is 61.7 Å². The third-order valence-electron chi connectivity index (χ3n) is 7.85. The molecule has 2 aliphatic rings. The first-order valence-corrected chi connectivity index (χ1v) is 15.7. The first kappa shape index (κ1) is 29.1. The van der Waals surface area contributed by atoms with Crippen LogP contribution in [0, 0.1) is 0 Å². The lowest BCUT2D eigenvalue weighted by Gasteiger charge is -2.30. The fourth-order valence-corrected chi connectivity index (χ4v) is 6.93. The zero-order chi connectivity index (χ0) is 30.8. The van der Waals surface area contributed by atoms with Crippen LogP contribution in [0.3, 0.4) is 0 Å². The zero-order valence-corrected chi connectivity index (χ0v) is 24.6. The number of para-hydroxylation sites is 4. The van der Waals surface area contributed by atoms with Crippen LogP contribution in [-0.2, 0) is 14.8 Å². The summed E-state index contributed by atoms with van der Waals surface area (Å²) in [6.07, 6.45) is 6.77. The van der Waals surface area contributed by atoms with Crippen molar-refractivity contribution in [2.45, 2.75) is 49.0 Å². The van der Waals surface area contributed by atoms with Crippen LogP contribution >= 0.6 is 0 Å². The van der Waals surface area contributed by atoms with Crippen molar-refractivity contribution in [1.82, 2.24) is 19.1 Å². The van der Waals surface area contributed by atoms with Gasteiger partial charge in [0.25, 0.3) is 21.8 Å². The van der Waals surface area contributed by atoms with Crippen LogP contribution < -0.4 is 10.1 Å². The second-order valence-electron chi connectivity index (χ2n) is 10.6. The predicted octanol–water partition coefficient (Wildman–Crippen LogP) is 5.36. The fourth-order valence-electron chi connectivity index (χ4n) is 5.62. The minimum atomic E-state index is -4.08. The molecular formula is C31H30N6O6S. The number of hydrogen-bond acceptors (Lipinski definition) is 8. The van der Waals surface area contributed by atoms with Crippen LogP contribution in [0.25, 0.3) is 0 Å². The van der Waals surface area contributed by atoms with Gasteiger partial charge in [-0.25, -0.2) is 27.9 Å². The van der Waals surface area contributed by atoms with Gasteiger partial charge in [0.1, 0.15) is 17.0 Å². The number of aromatic carboxylic acids is 1. The Morgan fingerprint density at radius 3 is 2.39 bits per heavy atom. The highest BCUT2D eigenvalue weighted by Crippen LogP contribution is 2.40. The summed E-state index contributed by atoms with van der Waals surface area (Å²) in [6.45, 7) is 0. The van der Waals surface area contributed by atoms with Crippen molar-refractivity contribution in [3.63, 3.8) is 0 Å². The lowest BCUT2D eigenvalue weighted by atomic mass is 9.84. The van der Waals surface area contributed by atoms with Gasteiger partial charge in [0.2, 0.25) is 0 Å². The van der Waals surface area contributed by atoms with Gasteiger partial charge in [0.05, 0.1) is 11.4 Å². The molecule has 1 saturated carbocycles. The van der Waals surface area contributed by atoms with Gasteiger partial charge in [0.15, 0.2) is 17.6 Å². The second-order valence-corrected chi connectivity index (χ2v) is 12.6. The van der Waals surface area contributed by atoms with Crippen LogP contribution in [0.15, 0.2) is 89.0 Å². The molecule has 1 unspecified atom stereocenters. The topological polar surface area (TPSA) is 156 Å². The number of aromatic nitrogens is 3.